The summed E-state index contributed by atoms with van der Waals surface area (Å²) in [7, 11) is 1.40. The number of methoxy groups -OCH3 is 1. The van der Waals surface area contributed by atoms with Gasteiger partial charge in [-0.05, 0) is 93.1 Å². The van der Waals surface area contributed by atoms with E-state index in [9.17, 15) is 18.8 Å². The van der Waals surface area contributed by atoms with E-state index in [1.54, 1.807) is 24.3 Å². The van der Waals surface area contributed by atoms with E-state index in [0.717, 1.165) is 60.3 Å². The van der Waals surface area contributed by atoms with E-state index in [1.807, 2.05) is 19.1 Å². The summed E-state index contributed by atoms with van der Waals surface area (Å²) in [5.41, 5.74) is 3.36. The van der Waals surface area contributed by atoms with Gasteiger partial charge in [0, 0.05) is 34.1 Å². The molecule has 10 nitrogen and oxygen atoms in total. The summed E-state index contributed by atoms with van der Waals surface area (Å²) in [6, 6.07) is 12.2. The van der Waals surface area contributed by atoms with Crippen molar-refractivity contribution in [1.29, 1.82) is 0 Å². The third-order valence-corrected chi connectivity index (χ3v) is 9.15. The molecule has 3 N–H and O–H groups in total. The van der Waals surface area contributed by atoms with Crippen molar-refractivity contribution in [2.24, 2.45) is 0 Å². The number of carbonyl (C=O) groups is 3. The van der Waals surface area contributed by atoms with Crippen molar-refractivity contribution in [1.82, 2.24) is 19.9 Å². The normalized spacial score (nSPS) is 16.2. The lowest BCUT2D eigenvalue weighted by atomic mass is 9.75. The molecule has 0 unspecified atom stereocenters. The van der Waals surface area contributed by atoms with Crippen LogP contribution in [0.3, 0.4) is 0 Å². The lowest BCUT2D eigenvalue weighted by Crippen LogP contribution is -2.61. The zero-order valence-electron chi connectivity index (χ0n) is 25.8. The minimum Gasteiger partial charge on any atom is -0.481 e. The molecule has 11 heteroatoms. The second-order valence-corrected chi connectivity index (χ2v) is 12.0. The number of benzene rings is 1. The number of halogens is 1. The van der Waals surface area contributed by atoms with E-state index in [0.29, 0.717) is 29.7 Å². The summed E-state index contributed by atoms with van der Waals surface area (Å²) in [4.78, 5) is 46.8. The topological polar surface area (TPSA) is 135 Å². The number of hydrogen-bond acceptors (Lipinski definition) is 6. The number of pyridine rings is 2. The number of fused-ring (bicyclic) bond motifs is 1. The maximum absolute atomic E-state index is 13.8. The highest BCUT2D eigenvalue weighted by molar-refractivity contribution is 6.06. The molecule has 3 aromatic heterocycles. The Bertz CT molecular complexity index is 1840. The van der Waals surface area contributed by atoms with Crippen molar-refractivity contribution in [3.8, 4) is 17.3 Å². The van der Waals surface area contributed by atoms with E-state index in [-0.39, 0.29) is 29.6 Å². The second kappa shape index (κ2) is 12.7. The van der Waals surface area contributed by atoms with Gasteiger partial charge in [-0.2, -0.15) is 4.98 Å². The molecule has 46 heavy (non-hydrogen) atoms. The molecule has 0 saturated heterocycles. The Labute approximate surface area is 265 Å². The standard InChI is InChI=1S/C35H36FN5O5/c1-21-26-19-23(9-14-28(26)41(25-7-4-3-5-8-25)31(21)27-13-12-24(36)20-37-27)32(44)40-35(17-6-18-35)34(45)39-29-15-10-22(11-16-30(42)43)33(38-29)46-2/h9-16,19-20,25H,3-8,17-18H2,1-2H3,(H,40,44)(H,42,43)(H,38,39,45)/b16-11+. The van der Waals surface area contributed by atoms with Crippen LogP contribution in [0.4, 0.5) is 10.2 Å². The summed E-state index contributed by atoms with van der Waals surface area (Å²) in [5, 5.41) is 15.6. The molecule has 4 aromatic rings. The smallest absolute Gasteiger partial charge is 0.328 e. The van der Waals surface area contributed by atoms with E-state index in [2.05, 4.69) is 25.2 Å². The van der Waals surface area contributed by atoms with E-state index < -0.39 is 17.3 Å². The van der Waals surface area contributed by atoms with E-state index >= 15 is 0 Å². The van der Waals surface area contributed by atoms with Gasteiger partial charge in [0.15, 0.2) is 0 Å². The Morgan fingerprint density at radius 2 is 1.85 bits per heavy atom. The molecule has 2 aliphatic carbocycles. The van der Waals surface area contributed by atoms with Crippen LogP contribution in [0, 0.1) is 12.7 Å². The van der Waals surface area contributed by atoms with Crippen LogP contribution in [-0.2, 0) is 9.59 Å². The summed E-state index contributed by atoms with van der Waals surface area (Å²) in [6.45, 7) is 2.01. The largest absolute Gasteiger partial charge is 0.481 e. The predicted octanol–water partition coefficient (Wildman–Crippen LogP) is 6.45. The average Bonchev–Trinajstić information content (AvgIpc) is 3.33. The number of nitrogens with zero attached hydrogens (tertiary/aromatic N) is 3. The van der Waals surface area contributed by atoms with Crippen molar-refractivity contribution in [3.05, 3.63) is 77.2 Å². The zero-order valence-corrected chi connectivity index (χ0v) is 25.8. The molecule has 0 aliphatic heterocycles. The highest BCUT2D eigenvalue weighted by atomic mass is 19.1. The Morgan fingerprint density at radius 3 is 2.50 bits per heavy atom. The molecule has 0 bridgehead atoms. The molecule has 2 saturated carbocycles. The molecular weight excluding hydrogens is 589 g/mol. The first kappa shape index (κ1) is 30.9. The molecule has 2 fully saturated rings. The van der Waals surface area contributed by atoms with Crippen LogP contribution < -0.4 is 15.4 Å². The van der Waals surface area contributed by atoms with Gasteiger partial charge >= 0.3 is 5.97 Å². The number of aryl methyl sites for hydroxylation is 1. The molecule has 3 heterocycles. The second-order valence-electron chi connectivity index (χ2n) is 12.0. The SMILES string of the molecule is COc1nc(NC(=O)C2(NC(=O)c3ccc4c(c3)c(C)c(-c3ccc(F)cn3)n4C3CCCCC3)CCC2)ccc1/C=C/C(=O)O. The lowest BCUT2D eigenvalue weighted by Gasteiger charge is -2.40. The fourth-order valence-electron chi connectivity index (χ4n) is 6.60. The maximum Gasteiger partial charge on any atom is 0.328 e. The number of aliphatic carboxylic acids is 1. The van der Waals surface area contributed by atoms with Crippen molar-refractivity contribution in [3.63, 3.8) is 0 Å². The van der Waals surface area contributed by atoms with Crippen molar-refractivity contribution in [2.45, 2.75) is 69.9 Å². The van der Waals surface area contributed by atoms with E-state index in [4.69, 9.17) is 9.84 Å². The number of carbonyl (C=O) groups excluding carboxylic acids is 2. The number of nitrogens with one attached hydrogen (secondary N) is 2. The maximum atomic E-state index is 13.8. The van der Waals surface area contributed by atoms with Crippen LogP contribution in [0.2, 0.25) is 0 Å². The molecule has 0 radical (unpaired) electrons. The van der Waals surface area contributed by atoms with Crippen molar-refractivity contribution < 1.29 is 28.6 Å². The van der Waals surface area contributed by atoms with E-state index in [1.165, 1.54) is 31.9 Å². The minimum atomic E-state index is -1.11. The fourth-order valence-corrected chi connectivity index (χ4v) is 6.60. The van der Waals surface area contributed by atoms with Crippen LogP contribution in [0.15, 0.2) is 54.7 Å². The van der Waals surface area contributed by atoms with Crippen molar-refractivity contribution in [2.75, 3.05) is 12.4 Å². The van der Waals surface area contributed by atoms with Crippen LogP contribution in [0.1, 0.15) is 78.9 Å². The highest BCUT2D eigenvalue weighted by Crippen LogP contribution is 2.40. The number of ether oxygens (including phenoxy) is 1. The van der Waals surface area contributed by atoms with Gasteiger partial charge in [-0.3, -0.25) is 14.6 Å². The third-order valence-electron chi connectivity index (χ3n) is 9.15. The first-order valence-electron chi connectivity index (χ1n) is 15.6. The summed E-state index contributed by atoms with van der Waals surface area (Å²) < 4.78 is 21.4. The van der Waals surface area contributed by atoms with Crippen LogP contribution in [-0.4, -0.2) is 50.1 Å². The molecule has 6 rings (SSSR count). The molecular formula is C35H36FN5O5. The molecule has 1 aromatic carbocycles. The Kier molecular flexibility index (Phi) is 8.57. The quantitative estimate of drug-likeness (QED) is 0.182. The number of amides is 2. The lowest BCUT2D eigenvalue weighted by molar-refractivity contribution is -0.131. The van der Waals surface area contributed by atoms with Gasteiger partial charge in [0.05, 0.1) is 24.7 Å². The molecule has 0 atom stereocenters. The number of hydrogen-bond donors (Lipinski definition) is 3. The van der Waals surface area contributed by atoms with Gasteiger partial charge in [0.2, 0.25) is 5.88 Å². The summed E-state index contributed by atoms with van der Waals surface area (Å²) in [5.74, 6) is -1.87. The van der Waals surface area contributed by atoms with Gasteiger partial charge in [-0.25, -0.2) is 9.18 Å². The molecule has 2 amide bonds. The number of aromatic nitrogens is 3. The summed E-state index contributed by atoms with van der Waals surface area (Å²) >= 11 is 0. The monoisotopic (exact) mass is 625 g/mol. The molecule has 238 valence electrons. The number of carboxylic acid groups (broad SMARTS) is 1. The first-order chi connectivity index (χ1) is 22.2. The number of rotatable bonds is 9. The first-order valence-corrected chi connectivity index (χ1v) is 15.6. The Hall–Kier alpha value is -5.06. The fraction of sp³-hybridized carbons (Fsp3) is 0.343. The number of carboxylic acids is 1. The van der Waals surface area contributed by atoms with Gasteiger partial charge in [-0.15, -0.1) is 0 Å². The zero-order chi connectivity index (χ0) is 32.4. The third kappa shape index (κ3) is 5.96. The van der Waals surface area contributed by atoms with Gasteiger partial charge < -0.3 is 25.0 Å². The number of anilines is 1. The Balaban J connectivity index is 1.27. The Morgan fingerprint density at radius 1 is 1.07 bits per heavy atom. The molecule has 2 aliphatic rings. The van der Waals surface area contributed by atoms with Crippen molar-refractivity contribution >= 4 is 40.6 Å². The van der Waals surface area contributed by atoms with Gasteiger partial charge in [0.25, 0.3) is 11.8 Å². The predicted molar refractivity (Wildman–Crippen MR) is 172 cm³/mol. The van der Waals surface area contributed by atoms with Gasteiger partial charge in [0.1, 0.15) is 17.2 Å². The van der Waals surface area contributed by atoms with Gasteiger partial charge in [-0.1, -0.05) is 19.3 Å². The minimum absolute atomic E-state index is 0.154. The van der Waals surface area contributed by atoms with Crippen LogP contribution in [0.25, 0.3) is 28.4 Å². The highest BCUT2D eigenvalue weighted by Gasteiger charge is 2.46. The van der Waals surface area contributed by atoms with Crippen LogP contribution >= 0.6 is 0 Å². The van der Waals surface area contributed by atoms with Crippen LogP contribution in [0.5, 0.6) is 5.88 Å². The average molecular weight is 626 g/mol. The summed E-state index contributed by atoms with van der Waals surface area (Å²) in [6.07, 6.45) is 10.8. The molecule has 0 spiro atoms.